The molecule has 0 aliphatic carbocycles. The Balaban J connectivity index is 0. The van der Waals surface area contributed by atoms with Crippen LogP contribution in [0.5, 0.6) is 0 Å². The van der Waals surface area contributed by atoms with Gasteiger partial charge in [-0.1, -0.05) is 45.0 Å². The number of rotatable bonds is 5. The van der Waals surface area contributed by atoms with E-state index >= 15 is 0 Å². The van der Waals surface area contributed by atoms with Gasteiger partial charge in [-0.15, -0.1) is 0 Å². The largest absolute Gasteiger partial charge is 0.478 e. The third-order valence-corrected chi connectivity index (χ3v) is 2.20. The van der Waals surface area contributed by atoms with Crippen molar-refractivity contribution in [3.05, 3.63) is 24.3 Å². The molecule has 0 unspecified atom stereocenters. The quantitative estimate of drug-likeness (QED) is 0.457. The zero-order valence-corrected chi connectivity index (χ0v) is 13.0. The van der Waals surface area contributed by atoms with E-state index in [-0.39, 0.29) is 15.3 Å². The lowest BCUT2D eigenvalue weighted by molar-refractivity contribution is -0.139. The Bertz CT molecular complexity index is 286. The van der Waals surface area contributed by atoms with Gasteiger partial charge in [-0.05, 0) is 13.8 Å². The van der Waals surface area contributed by atoms with Crippen LogP contribution in [-0.4, -0.2) is 27.4 Å². The maximum absolute atomic E-state index is 10.8. The van der Waals surface area contributed by atoms with E-state index in [1.54, 1.807) is 6.92 Å². The molecule has 0 aromatic rings. The molecule has 0 spiro atoms. The Morgan fingerprint density at radius 1 is 1.24 bits per heavy atom. The number of halogens is 2. The van der Waals surface area contributed by atoms with Crippen LogP contribution in [0.25, 0.3) is 0 Å². The molecular weight excluding hydrogens is 356 g/mol. The first-order valence-electron chi connectivity index (χ1n) is 4.68. The van der Waals surface area contributed by atoms with Crippen LogP contribution in [0.3, 0.4) is 0 Å². The number of carbonyl (C=O) groups is 2. The van der Waals surface area contributed by atoms with Gasteiger partial charge in [-0.3, -0.25) is 0 Å². The second-order valence-electron chi connectivity index (χ2n) is 3.18. The number of ether oxygens (including phenoxy) is 1. The number of alkyl halides is 2. The van der Waals surface area contributed by atoms with Gasteiger partial charge in [0.05, 0.1) is 10.3 Å². The normalized spacial score (nSPS) is 9.00. The molecular formula is C11H16Br2O4. The fraction of sp³-hybridized carbons (Fsp3) is 0.455. The van der Waals surface area contributed by atoms with E-state index in [4.69, 9.17) is 9.84 Å². The van der Waals surface area contributed by atoms with Crippen molar-refractivity contribution in [3.8, 4) is 0 Å². The van der Waals surface area contributed by atoms with Crippen LogP contribution in [0.1, 0.15) is 20.3 Å². The average Bonchev–Trinajstić information content (AvgIpc) is 2.17. The molecule has 98 valence electrons. The first-order valence-corrected chi connectivity index (χ1v) is 6.51. The summed E-state index contributed by atoms with van der Waals surface area (Å²) in [5.74, 6) is -1.26. The molecule has 0 rings (SSSR count). The number of aliphatic carboxylic acids is 1. The Kier molecular flexibility index (Phi) is 11.6. The van der Waals surface area contributed by atoms with Gasteiger partial charge >= 0.3 is 11.9 Å². The van der Waals surface area contributed by atoms with Crippen LogP contribution >= 0.6 is 31.9 Å². The van der Waals surface area contributed by atoms with E-state index in [2.05, 4.69) is 45.0 Å². The Morgan fingerprint density at radius 2 is 1.65 bits per heavy atom. The van der Waals surface area contributed by atoms with Crippen LogP contribution in [0.2, 0.25) is 0 Å². The van der Waals surface area contributed by atoms with Gasteiger partial charge in [0.1, 0.15) is 0 Å². The predicted octanol–water partition coefficient (Wildman–Crippen LogP) is 3.26. The lowest BCUT2D eigenvalue weighted by atomic mass is 10.4. The number of esters is 1. The van der Waals surface area contributed by atoms with E-state index in [1.807, 2.05) is 0 Å². The van der Waals surface area contributed by atoms with E-state index in [1.165, 1.54) is 6.92 Å². The van der Waals surface area contributed by atoms with Crippen molar-refractivity contribution in [3.63, 3.8) is 0 Å². The lowest BCUT2D eigenvalue weighted by Crippen LogP contribution is -2.07. The van der Waals surface area contributed by atoms with Gasteiger partial charge in [0, 0.05) is 17.6 Å². The molecule has 0 aromatic heterocycles. The fourth-order valence-electron chi connectivity index (χ4n) is 0.364. The Labute approximate surface area is 118 Å². The minimum absolute atomic E-state index is 0.176. The molecule has 17 heavy (non-hydrogen) atoms. The van der Waals surface area contributed by atoms with Gasteiger partial charge in [0.25, 0.3) is 0 Å². The van der Waals surface area contributed by atoms with Crippen molar-refractivity contribution in [1.82, 2.24) is 0 Å². The summed E-state index contributed by atoms with van der Waals surface area (Å²) in [4.78, 5) is 20.4. The topological polar surface area (TPSA) is 63.6 Å². The summed E-state index contributed by atoms with van der Waals surface area (Å²) in [5, 5.41) is 7.89. The van der Waals surface area contributed by atoms with Gasteiger partial charge in [-0.2, -0.15) is 0 Å². The summed E-state index contributed by atoms with van der Waals surface area (Å²) in [6.45, 7) is 10.1. The van der Waals surface area contributed by atoms with Crippen LogP contribution in [0.4, 0.5) is 0 Å². The SMILES string of the molecule is C=C(C)C(=O)O.C=C(C)C(=O)OCCC(Br)Br. The lowest BCUT2D eigenvalue weighted by Gasteiger charge is -2.03. The minimum atomic E-state index is -0.935. The summed E-state index contributed by atoms with van der Waals surface area (Å²) >= 11 is 6.53. The van der Waals surface area contributed by atoms with E-state index in [0.717, 1.165) is 6.42 Å². The summed E-state index contributed by atoms with van der Waals surface area (Å²) < 4.78 is 5.02. The van der Waals surface area contributed by atoms with Crippen molar-refractivity contribution in [2.24, 2.45) is 0 Å². The third-order valence-electron chi connectivity index (χ3n) is 1.28. The molecule has 0 aromatic carbocycles. The summed E-state index contributed by atoms with van der Waals surface area (Å²) in [6.07, 6.45) is 0.749. The molecule has 0 fully saturated rings. The highest BCUT2D eigenvalue weighted by atomic mass is 79.9. The first-order chi connectivity index (χ1) is 7.68. The Hall–Kier alpha value is -0.620. The van der Waals surface area contributed by atoms with E-state index < -0.39 is 5.97 Å². The zero-order valence-electron chi connectivity index (χ0n) is 9.83. The second kappa shape index (κ2) is 10.5. The fourth-order valence-corrected chi connectivity index (χ4v) is 0.738. The summed E-state index contributed by atoms with van der Waals surface area (Å²) in [6, 6.07) is 0. The van der Waals surface area contributed by atoms with Crippen LogP contribution in [0.15, 0.2) is 24.3 Å². The number of hydrogen-bond donors (Lipinski definition) is 1. The number of hydrogen-bond acceptors (Lipinski definition) is 3. The molecule has 0 heterocycles. The highest BCUT2D eigenvalue weighted by Gasteiger charge is 2.03. The molecule has 0 atom stereocenters. The highest BCUT2D eigenvalue weighted by Crippen LogP contribution is 2.12. The summed E-state index contributed by atoms with van der Waals surface area (Å²) in [5.41, 5.74) is 0.612. The van der Waals surface area contributed by atoms with Crippen molar-refractivity contribution in [2.45, 2.75) is 24.0 Å². The average molecular weight is 372 g/mol. The molecule has 0 amide bonds. The third kappa shape index (κ3) is 15.4. The molecule has 0 saturated heterocycles. The standard InChI is InChI=1S/C7H10Br2O2.C4H6O2/c1-5(2)7(10)11-4-3-6(8)9;1-3(2)4(5)6/h6H,1,3-4H2,2H3;1H2,2H3,(H,5,6). The van der Waals surface area contributed by atoms with Crippen molar-refractivity contribution < 1.29 is 19.4 Å². The molecule has 4 nitrogen and oxygen atoms in total. The van der Waals surface area contributed by atoms with Gasteiger partial charge in [0.2, 0.25) is 0 Å². The van der Waals surface area contributed by atoms with Crippen molar-refractivity contribution >= 4 is 43.8 Å². The van der Waals surface area contributed by atoms with Gasteiger partial charge in [-0.25, -0.2) is 9.59 Å². The van der Waals surface area contributed by atoms with Gasteiger partial charge in [0.15, 0.2) is 0 Å². The molecule has 0 radical (unpaired) electrons. The summed E-state index contributed by atoms with van der Waals surface area (Å²) in [7, 11) is 0. The van der Waals surface area contributed by atoms with Gasteiger partial charge < -0.3 is 9.84 Å². The van der Waals surface area contributed by atoms with Crippen molar-refractivity contribution in [2.75, 3.05) is 6.61 Å². The molecule has 0 aliphatic rings. The Morgan fingerprint density at radius 3 is 1.88 bits per heavy atom. The molecule has 1 N–H and O–H groups in total. The number of carboxylic acid groups (broad SMARTS) is 1. The number of carboxylic acids is 1. The highest BCUT2D eigenvalue weighted by molar-refractivity contribution is 9.24. The van der Waals surface area contributed by atoms with E-state index in [0.29, 0.717) is 12.2 Å². The maximum atomic E-state index is 10.8. The minimum Gasteiger partial charge on any atom is -0.478 e. The second-order valence-corrected chi connectivity index (χ2v) is 6.62. The van der Waals surface area contributed by atoms with E-state index in [9.17, 15) is 9.59 Å². The predicted molar refractivity (Wildman–Crippen MR) is 74.5 cm³/mol. The first kappa shape index (κ1) is 18.7. The molecule has 6 heteroatoms. The molecule has 0 saturated carbocycles. The smallest absolute Gasteiger partial charge is 0.333 e. The van der Waals surface area contributed by atoms with Crippen LogP contribution < -0.4 is 0 Å². The molecule has 0 aliphatic heterocycles. The number of carbonyl (C=O) groups excluding carboxylic acids is 1. The monoisotopic (exact) mass is 370 g/mol. The van der Waals surface area contributed by atoms with Crippen molar-refractivity contribution in [1.29, 1.82) is 0 Å². The maximum Gasteiger partial charge on any atom is 0.333 e. The van der Waals surface area contributed by atoms with Crippen LogP contribution in [0, 0.1) is 0 Å². The van der Waals surface area contributed by atoms with Crippen LogP contribution in [-0.2, 0) is 14.3 Å². The zero-order chi connectivity index (χ0) is 14.0. The molecule has 0 bridgehead atoms.